The van der Waals surface area contributed by atoms with Gasteiger partial charge in [-0.25, -0.2) is 4.79 Å². The van der Waals surface area contributed by atoms with E-state index >= 15 is 0 Å². The van der Waals surface area contributed by atoms with Crippen molar-refractivity contribution in [2.45, 2.75) is 39.2 Å². The second-order valence-corrected chi connectivity index (χ2v) is 7.75. The summed E-state index contributed by atoms with van der Waals surface area (Å²) in [5, 5.41) is 0.689. The van der Waals surface area contributed by atoms with Crippen molar-refractivity contribution in [2.24, 2.45) is 0 Å². The molecule has 0 bridgehead atoms. The number of carbonyl (C=O) groups is 1. The number of rotatable bonds is 4. The van der Waals surface area contributed by atoms with Gasteiger partial charge in [0, 0.05) is 23.3 Å². The van der Waals surface area contributed by atoms with Crippen LogP contribution in [0.3, 0.4) is 0 Å². The van der Waals surface area contributed by atoms with E-state index in [1.165, 1.54) is 13.0 Å². The monoisotopic (exact) mass is 378 g/mol. The molecule has 3 aromatic rings. The minimum Gasteiger partial charge on any atom is -0.487 e. The number of benzene rings is 2. The van der Waals surface area contributed by atoms with Crippen LogP contribution in [0.5, 0.6) is 11.5 Å². The maximum absolute atomic E-state index is 12.4. The summed E-state index contributed by atoms with van der Waals surface area (Å²) in [5.74, 6) is 1.02. The van der Waals surface area contributed by atoms with E-state index in [-0.39, 0.29) is 18.0 Å². The molecule has 0 aliphatic carbocycles. The van der Waals surface area contributed by atoms with Gasteiger partial charge in [0.2, 0.25) is 0 Å². The second-order valence-electron chi connectivity index (χ2n) is 7.75. The third kappa shape index (κ3) is 3.40. The lowest BCUT2D eigenvalue weighted by Gasteiger charge is -2.33. The summed E-state index contributed by atoms with van der Waals surface area (Å²) in [6.07, 6.45) is 1.54. The summed E-state index contributed by atoms with van der Waals surface area (Å²) < 4.78 is 17.6. The molecule has 0 atom stereocenters. The molecule has 0 fully saturated rings. The van der Waals surface area contributed by atoms with E-state index in [0.717, 1.165) is 29.5 Å². The minimum atomic E-state index is -0.429. The molecule has 0 spiro atoms. The van der Waals surface area contributed by atoms with Gasteiger partial charge in [0.25, 0.3) is 0 Å². The molecule has 2 heterocycles. The number of Topliss-reactive ketones (excluding diaryl/α,β-unsaturated/α-hetero) is 1. The molecule has 2 aromatic carbocycles. The first-order valence-corrected chi connectivity index (χ1v) is 9.34. The molecule has 0 amide bonds. The number of fused-ring (bicyclic) bond motifs is 3. The molecule has 0 saturated carbocycles. The highest BCUT2D eigenvalue weighted by molar-refractivity contribution is 6.00. The number of carbonyl (C=O) groups excluding carboxylic acids is 1. The molecular weight excluding hydrogens is 356 g/mol. The molecule has 1 aliphatic rings. The predicted molar refractivity (Wildman–Crippen MR) is 107 cm³/mol. The van der Waals surface area contributed by atoms with E-state index in [4.69, 9.17) is 13.9 Å². The predicted octanol–water partition coefficient (Wildman–Crippen LogP) is 4.53. The summed E-state index contributed by atoms with van der Waals surface area (Å²) in [6.45, 7) is 5.45. The summed E-state index contributed by atoms with van der Waals surface area (Å²) >= 11 is 0. The number of hydrogen-bond donors (Lipinski definition) is 0. The van der Waals surface area contributed by atoms with Gasteiger partial charge in [-0.1, -0.05) is 30.3 Å². The van der Waals surface area contributed by atoms with E-state index in [1.54, 1.807) is 0 Å². The zero-order valence-corrected chi connectivity index (χ0v) is 16.2. The standard InChI is InChI=1S/C23H22O5/c1-14(24)13-26-19-12-18-16(9-10-23(2,3)28-18)22-21(19)17(11-20(25)27-22)15-7-5-4-6-8-15/h4-8,11-12H,9-10,13H2,1-3H3. The van der Waals surface area contributed by atoms with Crippen molar-refractivity contribution in [3.8, 4) is 22.6 Å². The van der Waals surface area contributed by atoms with Crippen LogP contribution in [0.2, 0.25) is 0 Å². The van der Waals surface area contributed by atoms with Crippen molar-refractivity contribution >= 4 is 16.8 Å². The Balaban J connectivity index is 2.03. The van der Waals surface area contributed by atoms with Gasteiger partial charge < -0.3 is 13.9 Å². The number of hydrogen-bond acceptors (Lipinski definition) is 5. The smallest absolute Gasteiger partial charge is 0.336 e. The van der Waals surface area contributed by atoms with E-state index in [0.29, 0.717) is 22.5 Å². The Hall–Kier alpha value is -3.08. The first-order chi connectivity index (χ1) is 13.3. The Bertz CT molecular complexity index is 1110. The normalized spacial score (nSPS) is 15.0. The molecular formula is C23H22O5. The summed E-state index contributed by atoms with van der Waals surface area (Å²) in [4.78, 5) is 23.9. The van der Waals surface area contributed by atoms with Crippen molar-refractivity contribution < 1.29 is 18.7 Å². The third-order valence-electron chi connectivity index (χ3n) is 4.92. The lowest BCUT2D eigenvalue weighted by atomic mass is 9.91. The maximum atomic E-state index is 12.4. The first-order valence-electron chi connectivity index (χ1n) is 9.34. The highest BCUT2D eigenvalue weighted by Gasteiger charge is 2.31. The molecule has 0 N–H and O–H groups in total. The first kappa shape index (κ1) is 18.3. The highest BCUT2D eigenvalue weighted by atomic mass is 16.5. The molecule has 5 nitrogen and oxygen atoms in total. The Morgan fingerprint density at radius 3 is 2.64 bits per heavy atom. The van der Waals surface area contributed by atoms with Gasteiger partial charge >= 0.3 is 5.63 Å². The third-order valence-corrected chi connectivity index (χ3v) is 4.92. The molecule has 0 saturated heterocycles. The zero-order valence-electron chi connectivity index (χ0n) is 16.2. The number of ketones is 1. The molecule has 0 unspecified atom stereocenters. The Morgan fingerprint density at radius 2 is 1.93 bits per heavy atom. The van der Waals surface area contributed by atoms with Crippen LogP contribution in [0.4, 0.5) is 0 Å². The van der Waals surface area contributed by atoms with Crippen LogP contribution < -0.4 is 15.1 Å². The van der Waals surface area contributed by atoms with Crippen molar-refractivity contribution in [2.75, 3.05) is 6.61 Å². The minimum absolute atomic E-state index is 0.0648. The van der Waals surface area contributed by atoms with Gasteiger partial charge in [0.1, 0.15) is 29.3 Å². The van der Waals surface area contributed by atoms with Crippen LogP contribution in [0.25, 0.3) is 22.1 Å². The molecule has 1 aromatic heterocycles. The largest absolute Gasteiger partial charge is 0.487 e. The molecule has 5 heteroatoms. The Labute approximate surface area is 162 Å². The molecule has 4 rings (SSSR count). The fourth-order valence-corrected chi connectivity index (χ4v) is 3.58. The molecule has 144 valence electrons. The van der Waals surface area contributed by atoms with E-state index in [9.17, 15) is 9.59 Å². The fourth-order valence-electron chi connectivity index (χ4n) is 3.58. The van der Waals surface area contributed by atoms with Gasteiger partial charge in [0.15, 0.2) is 5.78 Å². The van der Waals surface area contributed by atoms with Gasteiger partial charge in [0.05, 0.1) is 5.39 Å². The molecule has 1 aliphatic heterocycles. The van der Waals surface area contributed by atoms with E-state index in [2.05, 4.69) is 0 Å². The van der Waals surface area contributed by atoms with Crippen LogP contribution in [-0.4, -0.2) is 18.0 Å². The summed E-state index contributed by atoms with van der Waals surface area (Å²) in [6, 6.07) is 12.9. The van der Waals surface area contributed by atoms with Crippen LogP contribution in [0, 0.1) is 0 Å². The lowest BCUT2D eigenvalue weighted by Crippen LogP contribution is -2.32. The maximum Gasteiger partial charge on any atom is 0.336 e. The quantitative estimate of drug-likeness (QED) is 0.624. The van der Waals surface area contributed by atoms with Crippen molar-refractivity contribution in [1.82, 2.24) is 0 Å². The highest BCUT2D eigenvalue weighted by Crippen LogP contribution is 2.44. The van der Waals surface area contributed by atoms with Gasteiger partial charge in [-0.05, 0) is 39.2 Å². The SMILES string of the molecule is CC(=O)COc1cc2c(c3oc(=O)cc(-c4ccccc4)c13)CCC(C)(C)O2. The Kier molecular flexibility index (Phi) is 4.46. The Morgan fingerprint density at radius 1 is 1.18 bits per heavy atom. The van der Waals surface area contributed by atoms with Gasteiger partial charge in [-0.3, -0.25) is 4.79 Å². The lowest BCUT2D eigenvalue weighted by molar-refractivity contribution is -0.118. The van der Waals surface area contributed by atoms with Crippen LogP contribution >= 0.6 is 0 Å². The molecule has 28 heavy (non-hydrogen) atoms. The van der Waals surface area contributed by atoms with Crippen LogP contribution in [0.15, 0.2) is 51.7 Å². The van der Waals surface area contributed by atoms with Crippen LogP contribution in [-0.2, 0) is 11.2 Å². The number of ether oxygens (including phenoxy) is 2. The van der Waals surface area contributed by atoms with Crippen molar-refractivity contribution in [3.05, 3.63) is 58.4 Å². The summed E-state index contributed by atoms with van der Waals surface area (Å²) in [7, 11) is 0. The van der Waals surface area contributed by atoms with E-state index < -0.39 is 5.63 Å². The van der Waals surface area contributed by atoms with Crippen LogP contribution in [0.1, 0.15) is 32.8 Å². The van der Waals surface area contributed by atoms with Crippen molar-refractivity contribution in [3.63, 3.8) is 0 Å². The molecule has 0 radical (unpaired) electrons. The topological polar surface area (TPSA) is 65.7 Å². The van der Waals surface area contributed by atoms with Crippen molar-refractivity contribution in [1.29, 1.82) is 0 Å². The van der Waals surface area contributed by atoms with Gasteiger partial charge in [-0.2, -0.15) is 0 Å². The number of aryl methyl sites for hydroxylation is 1. The average molecular weight is 378 g/mol. The van der Waals surface area contributed by atoms with E-state index in [1.807, 2.05) is 50.2 Å². The fraction of sp³-hybridized carbons (Fsp3) is 0.304. The summed E-state index contributed by atoms with van der Waals surface area (Å²) in [5.41, 5.74) is 2.18. The zero-order chi connectivity index (χ0) is 19.9. The van der Waals surface area contributed by atoms with Gasteiger partial charge in [-0.15, -0.1) is 0 Å². The average Bonchev–Trinajstić information content (AvgIpc) is 2.65. The second kappa shape index (κ2) is 6.82.